The third kappa shape index (κ3) is 4.12. The zero-order valence-electron chi connectivity index (χ0n) is 14.2. The van der Waals surface area contributed by atoms with Crippen LogP contribution in [0, 0.1) is 6.92 Å². The molecule has 0 saturated carbocycles. The van der Waals surface area contributed by atoms with Crippen LogP contribution in [0.1, 0.15) is 32.1 Å². The largest absolute Gasteiger partial charge is 0.342 e. The Balaban J connectivity index is 1.59. The number of carbonyl (C=O) groups excluding carboxylic acids is 2. The zero-order valence-corrected chi connectivity index (χ0v) is 15.8. The predicted molar refractivity (Wildman–Crippen MR) is 99.9 cm³/mol. The van der Waals surface area contributed by atoms with Crippen molar-refractivity contribution in [3.05, 3.63) is 45.1 Å². The summed E-state index contributed by atoms with van der Waals surface area (Å²) in [6.07, 6.45) is 3.13. The highest BCUT2D eigenvalue weighted by molar-refractivity contribution is 7.89. The summed E-state index contributed by atoms with van der Waals surface area (Å²) in [5, 5.41) is 10.3. The first kappa shape index (κ1) is 18.6. The molecular weight excluding hydrogens is 374 g/mol. The summed E-state index contributed by atoms with van der Waals surface area (Å²) in [6, 6.07) is 6.32. The summed E-state index contributed by atoms with van der Waals surface area (Å²) >= 11 is 1.47. The molecule has 2 amide bonds. The van der Waals surface area contributed by atoms with E-state index in [1.54, 1.807) is 19.1 Å². The van der Waals surface area contributed by atoms with Crippen molar-refractivity contribution < 1.29 is 18.0 Å². The average molecular weight is 393 g/mol. The van der Waals surface area contributed by atoms with E-state index < -0.39 is 15.9 Å². The fraction of sp³-hybridized carbons (Fsp3) is 0.294. The molecule has 2 aromatic rings. The van der Waals surface area contributed by atoms with Crippen molar-refractivity contribution in [2.75, 3.05) is 11.9 Å². The van der Waals surface area contributed by atoms with Crippen LogP contribution in [0.5, 0.6) is 0 Å². The van der Waals surface area contributed by atoms with Crippen molar-refractivity contribution in [3.63, 3.8) is 0 Å². The molecule has 3 rings (SSSR count). The van der Waals surface area contributed by atoms with Gasteiger partial charge in [-0.2, -0.15) is 0 Å². The molecule has 1 aliphatic carbocycles. The fourth-order valence-electron chi connectivity index (χ4n) is 2.88. The second-order valence-electron chi connectivity index (χ2n) is 6.17. The molecule has 0 radical (unpaired) electrons. The molecule has 0 spiro atoms. The first-order valence-electron chi connectivity index (χ1n) is 8.07. The molecule has 1 aromatic carbocycles. The lowest BCUT2D eigenvalue weighted by Gasteiger charge is -2.09. The maximum atomic E-state index is 12.2. The van der Waals surface area contributed by atoms with Gasteiger partial charge in [-0.25, -0.2) is 13.6 Å². The first-order chi connectivity index (χ1) is 12.2. The van der Waals surface area contributed by atoms with E-state index in [4.69, 9.17) is 5.14 Å². The molecule has 0 unspecified atom stereocenters. The minimum Gasteiger partial charge on any atom is -0.342 e. The van der Waals surface area contributed by atoms with Gasteiger partial charge in [0, 0.05) is 10.6 Å². The predicted octanol–water partition coefficient (Wildman–Crippen LogP) is 1.56. The summed E-state index contributed by atoms with van der Waals surface area (Å²) < 4.78 is 23.1. The van der Waals surface area contributed by atoms with E-state index in [1.165, 1.54) is 27.8 Å². The normalized spacial score (nSPS) is 13.3. The molecule has 0 fully saturated rings. The molecule has 9 heteroatoms. The molecule has 0 saturated heterocycles. The number of rotatable bonds is 5. The van der Waals surface area contributed by atoms with Crippen LogP contribution >= 0.6 is 11.3 Å². The second-order valence-corrected chi connectivity index (χ2v) is 8.84. The van der Waals surface area contributed by atoms with Crippen molar-refractivity contribution >= 4 is 38.9 Å². The molecule has 0 bridgehead atoms. The minimum absolute atomic E-state index is 0.0487. The number of sulfonamides is 1. The summed E-state index contributed by atoms with van der Waals surface area (Å²) in [7, 11) is -3.87. The highest BCUT2D eigenvalue weighted by Crippen LogP contribution is 2.30. The molecule has 1 aliphatic rings. The second kappa shape index (κ2) is 7.18. The number of carbonyl (C=O) groups is 2. The third-order valence-corrected chi connectivity index (χ3v) is 6.45. The van der Waals surface area contributed by atoms with Gasteiger partial charge in [0.25, 0.3) is 5.91 Å². The number of hydrogen-bond acceptors (Lipinski definition) is 5. The van der Waals surface area contributed by atoms with Gasteiger partial charge in [-0.1, -0.05) is 6.07 Å². The van der Waals surface area contributed by atoms with Gasteiger partial charge in [0.15, 0.2) is 0 Å². The van der Waals surface area contributed by atoms with E-state index in [0.717, 1.165) is 19.3 Å². The molecule has 1 heterocycles. The smallest absolute Gasteiger partial charge is 0.261 e. The van der Waals surface area contributed by atoms with Crippen molar-refractivity contribution in [1.82, 2.24) is 5.32 Å². The van der Waals surface area contributed by atoms with Crippen LogP contribution in [0.4, 0.5) is 5.69 Å². The monoisotopic (exact) mass is 393 g/mol. The summed E-state index contributed by atoms with van der Waals surface area (Å²) in [6.45, 7) is 1.41. The number of aryl methyl sites for hydroxylation is 3. The van der Waals surface area contributed by atoms with Crippen molar-refractivity contribution in [3.8, 4) is 0 Å². The average Bonchev–Trinajstić information content (AvgIpc) is 3.15. The lowest BCUT2D eigenvalue weighted by molar-refractivity contribution is -0.115. The SMILES string of the molecule is Cc1ccc(NC(=O)CNC(=O)c2cc3c(s2)CCC3)cc1S(N)(=O)=O. The van der Waals surface area contributed by atoms with Crippen LogP contribution in [0.15, 0.2) is 29.2 Å². The number of nitrogens with one attached hydrogen (secondary N) is 2. The quantitative estimate of drug-likeness (QED) is 0.714. The van der Waals surface area contributed by atoms with Crippen molar-refractivity contribution in [2.45, 2.75) is 31.1 Å². The Kier molecular flexibility index (Phi) is 5.12. The van der Waals surface area contributed by atoms with Gasteiger partial charge >= 0.3 is 0 Å². The number of nitrogens with two attached hydrogens (primary N) is 1. The van der Waals surface area contributed by atoms with Gasteiger partial charge in [0.05, 0.1) is 16.3 Å². The number of thiophene rings is 1. The van der Waals surface area contributed by atoms with Crippen LogP contribution in [-0.2, 0) is 27.7 Å². The Bertz CT molecular complexity index is 958. The summed E-state index contributed by atoms with van der Waals surface area (Å²) in [5.41, 5.74) is 2.01. The zero-order chi connectivity index (χ0) is 18.9. The molecule has 4 N–H and O–H groups in total. The van der Waals surface area contributed by atoms with E-state index in [1.807, 2.05) is 6.07 Å². The maximum absolute atomic E-state index is 12.2. The Morgan fingerprint density at radius 3 is 2.69 bits per heavy atom. The topological polar surface area (TPSA) is 118 Å². The van der Waals surface area contributed by atoms with Gasteiger partial charge in [-0.3, -0.25) is 9.59 Å². The number of primary sulfonamides is 1. The molecule has 0 aliphatic heterocycles. The molecule has 1 aromatic heterocycles. The van der Waals surface area contributed by atoms with Gasteiger partial charge in [-0.15, -0.1) is 11.3 Å². The fourth-order valence-corrected chi connectivity index (χ4v) is 4.86. The summed E-state index contributed by atoms with van der Waals surface area (Å²) in [4.78, 5) is 26.0. The van der Waals surface area contributed by atoms with E-state index >= 15 is 0 Å². The lowest BCUT2D eigenvalue weighted by Crippen LogP contribution is -2.32. The number of amides is 2. The molecular formula is C17H19N3O4S2. The Morgan fingerprint density at radius 2 is 2.00 bits per heavy atom. The van der Waals surface area contributed by atoms with Crippen LogP contribution in [0.3, 0.4) is 0 Å². The van der Waals surface area contributed by atoms with E-state index in [9.17, 15) is 18.0 Å². The minimum atomic E-state index is -3.87. The molecule has 7 nitrogen and oxygen atoms in total. The molecule has 138 valence electrons. The van der Waals surface area contributed by atoms with E-state index in [2.05, 4.69) is 10.6 Å². The standard InChI is InChI=1S/C17H19N3O4S2/c1-10-5-6-12(8-15(10)26(18,23)24)20-16(21)9-19-17(22)14-7-11-3-2-4-13(11)25-14/h5-8H,2-4,9H2,1H3,(H,19,22)(H,20,21)(H2,18,23,24). The molecule has 26 heavy (non-hydrogen) atoms. The van der Waals surface area contributed by atoms with Crippen LogP contribution in [0.2, 0.25) is 0 Å². The third-order valence-electron chi connectivity index (χ3n) is 4.16. The van der Waals surface area contributed by atoms with E-state index in [-0.39, 0.29) is 17.3 Å². The first-order valence-corrected chi connectivity index (χ1v) is 10.4. The van der Waals surface area contributed by atoms with Gasteiger partial charge in [-0.05, 0) is 55.5 Å². The Morgan fingerprint density at radius 1 is 1.23 bits per heavy atom. The maximum Gasteiger partial charge on any atom is 0.261 e. The van der Waals surface area contributed by atoms with Gasteiger partial charge < -0.3 is 10.6 Å². The number of anilines is 1. The summed E-state index contributed by atoms with van der Waals surface area (Å²) in [5.74, 6) is -0.736. The van der Waals surface area contributed by atoms with Crippen LogP contribution in [0.25, 0.3) is 0 Å². The van der Waals surface area contributed by atoms with Crippen molar-refractivity contribution in [1.29, 1.82) is 0 Å². The van der Waals surface area contributed by atoms with Crippen LogP contribution in [-0.4, -0.2) is 26.8 Å². The van der Waals surface area contributed by atoms with Gasteiger partial charge in [0.2, 0.25) is 15.9 Å². The van der Waals surface area contributed by atoms with Crippen molar-refractivity contribution in [2.24, 2.45) is 5.14 Å². The molecule has 0 atom stereocenters. The van der Waals surface area contributed by atoms with Gasteiger partial charge in [0.1, 0.15) is 0 Å². The highest BCUT2D eigenvalue weighted by atomic mass is 32.2. The number of fused-ring (bicyclic) bond motifs is 1. The van der Waals surface area contributed by atoms with Crippen LogP contribution < -0.4 is 15.8 Å². The number of hydrogen-bond donors (Lipinski definition) is 3. The Hall–Kier alpha value is -2.23. The Labute approximate surface area is 155 Å². The number of benzene rings is 1. The lowest BCUT2D eigenvalue weighted by atomic mass is 10.2. The highest BCUT2D eigenvalue weighted by Gasteiger charge is 2.19. The van der Waals surface area contributed by atoms with E-state index in [0.29, 0.717) is 16.1 Å².